The van der Waals surface area contributed by atoms with Crippen LogP contribution in [0.5, 0.6) is 0 Å². The summed E-state index contributed by atoms with van der Waals surface area (Å²) in [5.74, 6) is -0.266. The molecule has 2 rings (SSSR count). The third-order valence-corrected chi connectivity index (χ3v) is 3.91. The van der Waals surface area contributed by atoms with E-state index in [9.17, 15) is 9.50 Å². The van der Waals surface area contributed by atoms with Crippen molar-refractivity contribution in [2.75, 3.05) is 6.54 Å². The van der Waals surface area contributed by atoms with Gasteiger partial charge in [0.25, 0.3) is 0 Å². The molecule has 0 amide bonds. The summed E-state index contributed by atoms with van der Waals surface area (Å²) in [6, 6.07) is 6.05. The number of aliphatic hydroxyl groups excluding tert-OH is 1. The van der Waals surface area contributed by atoms with E-state index in [4.69, 9.17) is 0 Å². The first-order valence-corrected chi connectivity index (χ1v) is 6.34. The molecular formula is C14H20FNO. The molecule has 1 aliphatic rings. The zero-order chi connectivity index (χ0) is 12.3. The maximum Gasteiger partial charge on any atom is 0.123 e. The fraction of sp³-hybridized carbons (Fsp3) is 0.571. The van der Waals surface area contributed by atoms with Crippen LogP contribution in [0.1, 0.15) is 44.3 Å². The summed E-state index contributed by atoms with van der Waals surface area (Å²) < 4.78 is 12.7. The van der Waals surface area contributed by atoms with Gasteiger partial charge < -0.3 is 10.4 Å². The minimum absolute atomic E-state index is 0.237. The van der Waals surface area contributed by atoms with Gasteiger partial charge in [0, 0.05) is 12.1 Å². The fourth-order valence-electron chi connectivity index (χ4n) is 2.37. The van der Waals surface area contributed by atoms with E-state index in [1.54, 1.807) is 12.1 Å². The summed E-state index contributed by atoms with van der Waals surface area (Å²) in [6.45, 7) is 2.72. The third kappa shape index (κ3) is 2.85. The second-order valence-electron chi connectivity index (χ2n) is 4.94. The average Bonchev–Trinajstić information content (AvgIpc) is 2.29. The molecule has 1 aromatic rings. The normalized spacial score (nSPS) is 19.7. The van der Waals surface area contributed by atoms with Gasteiger partial charge in [0.05, 0.1) is 6.10 Å². The van der Waals surface area contributed by atoms with Gasteiger partial charge in [-0.25, -0.2) is 4.39 Å². The highest BCUT2D eigenvalue weighted by Gasteiger charge is 2.34. The Hall–Kier alpha value is -0.930. The number of nitrogens with one attached hydrogen (secondary N) is 1. The number of benzene rings is 1. The van der Waals surface area contributed by atoms with Gasteiger partial charge in [0.2, 0.25) is 0 Å². The standard InChI is InChI=1S/C14H20FNO/c1-2-14(8-3-9-14)16-10-13(17)11-4-6-12(15)7-5-11/h4-7,13,16-17H,2-3,8-10H2,1H3. The molecular weight excluding hydrogens is 217 g/mol. The van der Waals surface area contributed by atoms with Crippen molar-refractivity contribution in [3.8, 4) is 0 Å². The second-order valence-corrected chi connectivity index (χ2v) is 4.94. The molecule has 0 heterocycles. The Morgan fingerprint density at radius 2 is 2.00 bits per heavy atom. The molecule has 0 aromatic heterocycles. The molecule has 0 spiro atoms. The summed E-state index contributed by atoms with van der Waals surface area (Å²) in [5, 5.41) is 13.5. The zero-order valence-corrected chi connectivity index (χ0v) is 10.2. The first-order chi connectivity index (χ1) is 8.15. The quantitative estimate of drug-likeness (QED) is 0.825. The van der Waals surface area contributed by atoms with Crippen LogP contribution in [0.15, 0.2) is 24.3 Å². The summed E-state index contributed by atoms with van der Waals surface area (Å²) in [6.07, 6.45) is 4.20. The van der Waals surface area contributed by atoms with Crippen LogP contribution < -0.4 is 5.32 Å². The Balaban J connectivity index is 1.88. The van der Waals surface area contributed by atoms with Gasteiger partial charge in [0.15, 0.2) is 0 Å². The molecule has 1 fully saturated rings. The minimum atomic E-state index is -0.556. The van der Waals surface area contributed by atoms with E-state index < -0.39 is 6.10 Å². The first kappa shape index (κ1) is 12.5. The highest BCUT2D eigenvalue weighted by Crippen LogP contribution is 2.34. The Morgan fingerprint density at radius 1 is 1.35 bits per heavy atom. The van der Waals surface area contributed by atoms with Crippen molar-refractivity contribution in [2.24, 2.45) is 0 Å². The molecule has 0 radical (unpaired) electrons. The number of halogens is 1. The molecule has 94 valence electrons. The second kappa shape index (κ2) is 5.15. The molecule has 17 heavy (non-hydrogen) atoms. The monoisotopic (exact) mass is 237 g/mol. The molecule has 0 aliphatic heterocycles. The number of hydrogen-bond acceptors (Lipinski definition) is 2. The maximum atomic E-state index is 12.7. The van der Waals surface area contributed by atoms with Crippen molar-refractivity contribution in [1.29, 1.82) is 0 Å². The van der Waals surface area contributed by atoms with Crippen LogP contribution in [0.4, 0.5) is 4.39 Å². The highest BCUT2D eigenvalue weighted by atomic mass is 19.1. The number of β-amino-alcohol motifs (C(OH)–C–C–N with tert-alkyl or cyclic N) is 1. The summed E-state index contributed by atoms with van der Waals surface area (Å²) in [5.41, 5.74) is 1.01. The Kier molecular flexibility index (Phi) is 3.79. The van der Waals surface area contributed by atoms with E-state index in [-0.39, 0.29) is 11.4 Å². The SMILES string of the molecule is CCC1(NCC(O)c2ccc(F)cc2)CCC1. The van der Waals surface area contributed by atoms with E-state index in [1.165, 1.54) is 31.4 Å². The van der Waals surface area contributed by atoms with E-state index in [0.717, 1.165) is 12.0 Å². The molecule has 1 aliphatic carbocycles. The van der Waals surface area contributed by atoms with Crippen molar-refractivity contribution in [2.45, 2.75) is 44.2 Å². The first-order valence-electron chi connectivity index (χ1n) is 6.34. The number of hydrogen-bond donors (Lipinski definition) is 2. The molecule has 0 bridgehead atoms. The number of rotatable bonds is 5. The average molecular weight is 237 g/mol. The van der Waals surface area contributed by atoms with Gasteiger partial charge in [0.1, 0.15) is 5.82 Å². The smallest absolute Gasteiger partial charge is 0.123 e. The lowest BCUT2D eigenvalue weighted by atomic mass is 9.75. The largest absolute Gasteiger partial charge is 0.387 e. The van der Waals surface area contributed by atoms with Gasteiger partial charge in [-0.15, -0.1) is 0 Å². The van der Waals surface area contributed by atoms with Crippen LogP contribution in [-0.4, -0.2) is 17.2 Å². The lowest BCUT2D eigenvalue weighted by Crippen LogP contribution is -2.51. The lowest BCUT2D eigenvalue weighted by molar-refractivity contribution is 0.119. The van der Waals surface area contributed by atoms with Gasteiger partial charge in [-0.1, -0.05) is 19.1 Å². The Bertz CT molecular complexity index is 353. The summed E-state index contributed by atoms with van der Waals surface area (Å²) >= 11 is 0. The van der Waals surface area contributed by atoms with Crippen LogP contribution in [0.3, 0.4) is 0 Å². The van der Waals surface area contributed by atoms with Gasteiger partial charge >= 0.3 is 0 Å². The topological polar surface area (TPSA) is 32.3 Å². The van der Waals surface area contributed by atoms with Crippen molar-refractivity contribution < 1.29 is 9.50 Å². The lowest BCUT2D eigenvalue weighted by Gasteiger charge is -2.42. The van der Waals surface area contributed by atoms with E-state index in [1.807, 2.05) is 0 Å². The van der Waals surface area contributed by atoms with Gasteiger partial charge in [-0.3, -0.25) is 0 Å². The summed E-state index contributed by atoms with van der Waals surface area (Å²) in [7, 11) is 0. The molecule has 1 saturated carbocycles. The van der Waals surface area contributed by atoms with Crippen LogP contribution in [0.25, 0.3) is 0 Å². The highest BCUT2D eigenvalue weighted by molar-refractivity contribution is 5.18. The van der Waals surface area contributed by atoms with Crippen LogP contribution in [0, 0.1) is 5.82 Å². The molecule has 1 aromatic carbocycles. The van der Waals surface area contributed by atoms with Crippen molar-refractivity contribution >= 4 is 0 Å². The van der Waals surface area contributed by atoms with E-state index >= 15 is 0 Å². The van der Waals surface area contributed by atoms with E-state index in [0.29, 0.717) is 6.54 Å². The minimum Gasteiger partial charge on any atom is -0.387 e. The van der Waals surface area contributed by atoms with Gasteiger partial charge in [-0.05, 0) is 43.4 Å². The predicted octanol–water partition coefficient (Wildman–Crippen LogP) is 2.78. The van der Waals surface area contributed by atoms with Crippen LogP contribution in [0.2, 0.25) is 0 Å². The maximum absolute atomic E-state index is 12.7. The molecule has 2 N–H and O–H groups in total. The van der Waals surface area contributed by atoms with E-state index in [2.05, 4.69) is 12.2 Å². The fourth-order valence-corrected chi connectivity index (χ4v) is 2.37. The third-order valence-electron chi connectivity index (χ3n) is 3.91. The zero-order valence-electron chi connectivity index (χ0n) is 10.2. The Morgan fingerprint density at radius 3 is 2.47 bits per heavy atom. The van der Waals surface area contributed by atoms with Crippen LogP contribution >= 0.6 is 0 Å². The number of aliphatic hydroxyl groups is 1. The molecule has 0 saturated heterocycles. The summed E-state index contributed by atoms with van der Waals surface area (Å²) in [4.78, 5) is 0. The van der Waals surface area contributed by atoms with Crippen molar-refractivity contribution in [3.05, 3.63) is 35.6 Å². The van der Waals surface area contributed by atoms with Crippen LogP contribution in [-0.2, 0) is 0 Å². The molecule has 1 unspecified atom stereocenters. The van der Waals surface area contributed by atoms with Gasteiger partial charge in [-0.2, -0.15) is 0 Å². The van der Waals surface area contributed by atoms with Crippen molar-refractivity contribution in [3.63, 3.8) is 0 Å². The Labute approximate surface area is 102 Å². The predicted molar refractivity (Wildman–Crippen MR) is 66.2 cm³/mol. The molecule has 1 atom stereocenters. The molecule has 2 nitrogen and oxygen atoms in total. The molecule has 3 heteroatoms. The van der Waals surface area contributed by atoms with Crippen molar-refractivity contribution in [1.82, 2.24) is 5.32 Å².